The number of hydrogen-bond acceptors (Lipinski definition) is 4. The van der Waals surface area contributed by atoms with Gasteiger partial charge in [0.15, 0.2) is 0 Å². The van der Waals surface area contributed by atoms with Gasteiger partial charge in [-0.3, -0.25) is 0 Å². The van der Waals surface area contributed by atoms with E-state index in [4.69, 9.17) is 5.73 Å². The Bertz CT molecular complexity index is 436. The fourth-order valence-electron chi connectivity index (χ4n) is 1.13. The highest BCUT2D eigenvalue weighted by Gasteiger charge is 2.08. The molecule has 12 heavy (non-hydrogen) atoms. The standard InChI is InChI=1S/C8H7NO2S/c9-5-3-6(10)8-4(7(5)11)1-2-12-8/h1-3,10-11H,9H2. The Morgan fingerprint density at radius 2 is 2.08 bits per heavy atom. The average Bonchev–Trinajstić information content (AvgIpc) is 2.48. The van der Waals surface area contributed by atoms with E-state index in [2.05, 4.69) is 0 Å². The average molecular weight is 181 g/mol. The summed E-state index contributed by atoms with van der Waals surface area (Å²) in [6, 6.07) is 3.08. The fourth-order valence-corrected chi connectivity index (χ4v) is 1.94. The van der Waals surface area contributed by atoms with Crippen LogP contribution in [0.15, 0.2) is 17.5 Å². The first-order valence-electron chi connectivity index (χ1n) is 3.38. The first-order chi connectivity index (χ1) is 5.70. The molecule has 0 aliphatic rings. The molecule has 0 saturated heterocycles. The van der Waals surface area contributed by atoms with Crippen molar-refractivity contribution in [1.29, 1.82) is 0 Å². The van der Waals surface area contributed by atoms with Crippen LogP contribution in [0, 0.1) is 0 Å². The van der Waals surface area contributed by atoms with Crippen LogP contribution in [0.5, 0.6) is 11.5 Å². The van der Waals surface area contributed by atoms with Crippen LogP contribution < -0.4 is 5.73 Å². The number of nitrogens with two attached hydrogens (primary N) is 1. The number of hydrogen-bond donors (Lipinski definition) is 3. The number of aromatic hydroxyl groups is 2. The van der Waals surface area contributed by atoms with Crippen LogP contribution in [0.25, 0.3) is 10.1 Å². The van der Waals surface area contributed by atoms with Crippen molar-refractivity contribution in [1.82, 2.24) is 0 Å². The first kappa shape index (κ1) is 7.24. The molecule has 0 aliphatic heterocycles. The lowest BCUT2D eigenvalue weighted by molar-refractivity contribution is 0.472. The summed E-state index contributed by atoms with van der Waals surface area (Å²) in [5, 5.41) is 21.2. The Hall–Kier alpha value is -1.42. The largest absolute Gasteiger partial charge is 0.506 e. The molecule has 0 atom stereocenters. The lowest BCUT2D eigenvalue weighted by Crippen LogP contribution is -1.84. The molecule has 0 spiro atoms. The van der Waals surface area contributed by atoms with E-state index in [-0.39, 0.29) is 17.2 Å². The minimum Gasteiger partial charge on any atom is -0.506 e. The van der Waals surface area contributed by atoms with Gasteiger partial charge in [0.25, 0.3) is 0 Å². The summed E-state index contributed by atoms with van der Waals surface area (Å²) in [6.07, 6.45) is 0. The van der Waals surface area contributed by atoms with Gasteiger partial charge in [-0.25, -0.2) is 0 Å². The molecule has 62 valence electrons. The maximum absolute atomic E-state index is 9.44. The van der Waals surface area contributed by atoms with E-state index in [1.54, 1.807) is 11.4 Å². The van der Waals surface area contributed by atoms with Gasteiger partial charge in [0.1, 0.15) is 11.5 Å². The van der Waals surface area contributed by atoms with Crippen molar-refractivity contribution in [3.8, 4) is 11.5 Å². The summed E-state index contributed by atoms with van der Waals surface area (Å²) in [5.74, 6) is 0.166. The molecular formula is C8H7NO2S. The Kier molecular flexibility index (Phi) is 1.38. The van der Waals surface area contributed by atoms with Crippen molar-refractivity contribution in [3.05, 3.63) is 17.5 Å². The van der Waals surface area contributed by atoms with Crippen LogP contribution in [-0.2, 0) is 0 Å². The molecule has 3 nitrogen and oxygen atoms in total. The topological polar surface area (TPSA) is 66.5 Å². The highest BCUT2D eigenvalue weighted by atomic mass is 32.1. The van der Waals surface area contributed by atoms with Crippen molar-refractivity contribution in [2.24, 2.45) is 0 Å². The van der Waals surface area contributed by atoms with Crippen molar-refractivity contribution in [2.75, 3.05) is 5.73 Å². The molecule has 0 unspecified atom stereocenters. The minimum atomic E-state index is 0.0454. The van der Waals surface area contributed by atoms with Crippen molar-refractivity contribution in [2.45, 2.75) is 0 Å². The Balaban J connectivity index is 2.97. The van der Waals surface area contributed by atoms with E-state index in [9.17, 15) is 10.2 Å². The molecule has 0 saturated carbocycles. The van der Waals surface area contributed by atoms with Gasteiger partial charge in [-0.15, -0.1) is 11.3 Å². The normalized spacial score (nSPS) is 10.7. The molecule has 0 radical (unpaired) electrons. The van der Waals surface area contributed by atoms with Crippen molar-refractivity contribution in [3.63, 3.8) is 0 Å². The zero-order chi connectivity index (χ0) is 8.72. The van der Waals surface area contributed by atoms with Gasteiger partial charge in [-0.05, 0) is 11.4 Å². The summed E-state index contributed by atoms with van der Waals surface area (Å²) in [7, 11) is 0. The second-order valence-corrected chi connectivity index (χ2v) is 3.41. The Morgan fingerprint density at radius 1 is 1.33 bits per heavy atom. The van der Waals surface area contributed by atoms with E-state index in [0.717, 1.165) is 0 Å². The van der Waals surface area contributed by atoms with Crippen LogP contribution in [0.3, 0.4) is 0 Å². The van der Waals surface area contributed by atoms with Gasteiger partial charge in [0.2, 0.25) is 0 Å². The molecule has 0 fully saturated rings. The highest BCUT2D eigenvalue weighted by molar-refractivity contribution is 7.17. The van der Waals surface area contributed by atoms with Crippen LogP contribution >= 0.6 is 11.3 Å². The second-order valence-electron chi connectivity index (χ2n) is 2.50. The quantitative estimate of drug-likeness (QED) is 0.330. The molecular weight excluding hydrogens is 174 g/mol. The molecule has 0 bridgehead atoms. The number of phenols is 2. The fraction of sp³-hybridized carbons (Fsp3) is 0. The number of rotatable bonds is 0. The molecule has 1 aromatic heterocycles. The predicted octanol–water partition coefficient (Wildman–Crippen LogP) is 1.89. The third-order valence-corrected chi connectivity index (χ3v) is 2.66. The lowest BCUT2D eigenvalue weighted by atomic mass is 10.2. The van der Waals surface area contributed by atoms with Gasteiger partial charge in [0.05, 0.1) is 10.4 Å². The number of fused-ring (bicyclic) bond motifs is 1. The van der Waals surface area contributed by atoms with Gasteiger partial charge in [-0.2, -0.15) is 0 Å². The molecule has 4 heteroatoms. The summed E-state index contributed by atoms with van der Waals surface area (Å²) in [5.41, 5.74) is 5.65. The van der Waals surface area contributed by atoms with Gasteiger partial charge in [0, 0.05) is 11.5 Å². The van der Waals surface area contributed by atoms with Crippen LogP contribution in [0.4, 0.5) is 5.69 Å². The summed E-state index contributed by atoms with van der Waals surface area (Å²) in [6.45, 7) is 0. The number of nitrogen functional groups attached to an aromatic ring is 1. The van der Waals surface area contributed by atoms with Crippen LogP contribution in [0.1, 0.15) is 0 Å². The number of anilines is 1. The van der Waals surface area contributed by atoms with E-state index in [1.165, 1.54) is 17.4 Å². The third-order valence-electron chi connectivity index (χ3n) is 1.72. The van der Waals surface area contributed by atoms with E-state index >= 15 is 0 Å². The first-order valence-corrected chi connectivity index (χ1v) is 4.25. The third kappa shape index (κ3) is 0.816. The van der Waals surface area contributed by atoms with Crippen LogP contribution in [0.2, 0.25) is 0 Å². The Labute approximate surface area is 72.7 Å². The second kappa shape index (κ2) is 2.28. The molecule has 4 N–H and O–H groups in total. The zero-order valence-electron chi connectivity index (χ0n) is 6.11. The van der Waals surface area contributed by atoms with Crippen molar-refractivity contribution >= 4 is 27.1 Å². The maximum atomic E-state index is 9.44. The molecule has 2 aromatic rings. The monoisotopic (exact) mass is 181 g/mol. The van der Waals surface area contributed by atoms with E-state index in [1.807, 2.05) is 0 Å². The molecule has 1 heterocycles. The summed E-state index contributed by atoms with van der Waals surface area (Å²) in [4.78, 5) is 0. The SMILES string of the molecule is Nc1cc(O)c2sccc2c1O. The number of thiophene rings is 1. The Morgan fingerprint density at radius 3 is 2.83 bits per heavy atom. The number of benzene rings is 1. The van der Waals surface area contributed by atoms with E-state index < -0.39 is 0 Å². The van der Waals surface area contributed by atoms with Gasteiger partial charge >= 0.3 is 0 Å². The maximum Gasteiger partial charge on any atom is 0.147 e. The van der Waals surface area contributed by atoms with Crippen molar-refractivity contribution < 1.29 is 10.2 Å². The van der Waals surface area contributed by atoms with E-state index in [0.29, 0.717) is 10.1 Å². The molecule has 1 aromatic carbocycles. The lowest BCUT2D eigenvalue weighted by Gasteiger charge is -2.01. The highest BCUT2D eigenvalue weighted by Crippen LogP contribution is 2.39. The molecule has 2 rings (SSSR count). The molecule has 0 amide bonds. The smallest absolute Gasteiger partial charge is 0.147 e. The van der Waals surface area contributed by atoms with Crippen LogP contribution in [-0.4, -0.2) is 10.2 Å². The minimum absolute atomic E-state index is 0.0454. The zero-order valence-corrected chi connectivity index (χ0v) is 6.93. The number of phenolic OH excluding ortho intramolecular Hbond substituents is 2. The summed E-state index contributed by atoms with van der Waals surface area (Å²) >= 11 is 1.37. The molecule has 0 aliphatic carbocycles. The van der Waals surface area contributed by atoms with Gasteiger partial charge in [-0.1, -0.05) is 0 Å². The predicted molar refractivity (Wildman–Crippen MR) is 49.6 cm³/mol. The summed E-state index contributed by atoms with van der Waals surface area (Å²) < 4.78 is 0.668. The van der Waals surface area contributed by atoms with Gasteiger partial charge < -0.3 is 15.9 Å².